The molecule has 0 spiro atoms. The van der Waals surface area contributed by atoms with Gasteiger partial charge in [-0.1, -0.05) is 29.8 Å². The van der Waals surface area contributed by atoms with Gasteiger partial charge in [0.15, 0.2) is 11.6 Å². The van der Waals surface area contributed by atoms with E-state index in [0.29, 0.717) is 22.2 Å². The lowest BCUT2D eigenvalue weighted by Crippen LogP contribution is -2.17. The van der Waals surface area contributed by atoms with Gasteiger partial charge in [-0.2, -0.15) is 5.10 Å². The molecule has 0 radical (unpaired) electrons. The second kappa shape index (κ2) is 10.3. The van der Waals surface area contributed by atoms with Crippen molar-refractivity contribution in [1.29, 1.82) is 0 Å². The summed E-state index contributed by atoms with van der Waals surface area (Å²) in [5, 5.41) is 7.64. The van der Waals surface area contributed by atoms with E-state index in [2.05, 4.69) is 10.4 Å². The Balaban J connectivity index is 1.52. The van der Waals surface area contributed by atoms with Gasteiger partial charge in [-0.15, -0.1) is 0 Å². The normalized spacial score (nSPS) is 10.7. The highest BCUT2D eigenvalue weighted by Crippen LogP contribution is 2.24. The highest BCUT2D eigenvalue weighted by molar-refractivity contribution is 6.31. The fraction of sp³-hybridized carbons (Fsp3) is 0.160. The summed E-state index contributed by atoms with van der Waals surface area (Å²) in [5.41, 5.74) is 1.69. The maximum atomic E-state index is 12.9. The number of hydrogen-bond donors (Lipinski definition) is 1. The van der Waals surface area contributed by atoms with Crippen molar-refractivity contribution in [2.75, 3.05) is 11.9 Å². The molecule has 0 aliphatic rings. The first-order chi connectivity index (χ1) is 16.5. The summed E-state index contributed by atoms with van der Waals surface area (Å²) in [7, 11) is 0. The van der Waals surface area contributed by atoms with Crippen LogP contribution in [0.4, 0.5) is 5.82 Å². The molecular formula is C25H22ClN3O5. The van der Waals surface area contributed by atoms with Crippen LogP contribution in [0.3, 0.4) is 0 Å². The number of hydrogen-bond acceptors (Lipinski definition) is 6. The van der Waals surface area contributed by atoms with Crippen LogP contribution in [0.5, 0.6) is 5.75 Å². The van der Waals surface area contributed by atoms with Gasteiger partial charge in [-0.25, -0.2) is 9.48 Å². The lowest BCUT2D eigenvalue weighted by Gasteiger charge is -2.10. The predicted molar refractivity (Wildman–Crippen MR) is 127 cm³/mol. The minimum atomic E-state index is -0.591. The average Bonchev–Trinajstić information content (AvgIpc) is 3.48. The Kier molecular flexibility index (Phi) is 6.98. The van der Waals surface area contributed by atoms with E-state index in [0.717, 1.165) is 5.56 Å². The smallest absolute Gasteiger partial charge is 0.343 e. The zero-order valence-electron chi connectivity index (χ0n) is 18.6. The van der Waals surface area contributed by atoms with Crippen molar-refractivity contribution in [2.24, 2.45) is 0 Å². The van der Waals surface area contributed by atoms with Crippen molar-refractivity contribution < 1.29 is 23.5 Å². The van der Waals surface area contributed by atoms with Gasteiger partial charge in [0.05, 0.1) is 18.5 Å². The Labute approximate surface area is 201 Å². The van der Waals surface area contributed by atoms with Crippen LogP contribution < -0.4 is 10.1 Å². The number of carbonyl (C=O) groups is 2. The fourth-order valence-corrected chi connectivity index (χ4v) is 3.32. The molecule has 8 nitrogen and oxygen atoms in total. The van der Waals surface area contributed by atoms with Crippen LogP contribution in [0, 0.1) is 6.92 Å². The number of furan rings is 1. The van der Waals surface area contributed by atoms with Gasteiger partial charge in [0.25, 0.3) is 5.91 Å². The minimum absolute atomic E-state index is 0.0570. The van der Waals surface area contributed by atoms with Crippen molar-refractivity contribution in [3.8, 4) is 11.4 Å². The van der Waals surface area contributed by atoms with E-state index < -0.39 is 11.9 Å². The van der Waals surface area contributed by atoms with Crippen LogP contribution >= 0.6 is 11.6 Å². The third-order valence-corrected chi connectivity index (χ3v) is 5.32. The largest absolute Gasteiger partial charge is 0.486 e. The SMILES string of the molecule is CCOC(=O)c1cnn(-c2ccccc2)c1NC(=O)c1ccc(COc2ccc(Cl)c(C)c2)o1. The standard InChI is InChI=1S/C25H22ClN3O5/c1-3-32-25(31)20-14-27-29(17-7-5-4-6-8-17)23(20)28-24(30)22-12-10-19(34-22)15-33-18-9-11-21(26)16(2)13-18/h4-14H,3,15H2,1-2H3,(H,28,30). The van der Waals surface area contributed by atoms with Crippen molar-refractivity contribution in [3.63, 3.8) is 0 Å². The predicted octanol–water partition coefficient (Wildman–Crippen LogP) is 5.44. The third kappa shape index (κ3) is 5.13. The number of aryl methyl sites for hydroxylation is 1. The molecule has 0 aliphatic carbocycles. The van der Waals surface area contributed by atoms with E-state index in [1.807, 2.05) is 31.2 Å². The highest BCUT2D eigenvalue weighted by atomic mass is 35.5. The quantitative estimate of drug-likeness (QED) is 0.338. The highest BCUT2D eigenvalue weighted by Gasteiger charge is 2.23. The number of rotatable bonds is 8. The van der Waals surface area contributed by atoms with Crippen molar-refractivity contribution in [2.45, 2.75) is 20.5 Å². The van der Waals surface area contributed by atoms with Crippen LogP contribution in [-0.2, 0) is 11.3 Å². The first-order valence-electron chi connectivity index (χ1n) is 10.6. The molecule has 0 bridgehead atoms. The molecule has 4 rings (SSSR count). The first kappa shape index (κ1) is 23.1. The summed E-state index contributed by atoms with van der Waals surface area (Å²) in [6, 6.07) is 17.6. The van der Waals surface area contributed by atoms with Crippen molar-refractivity contribution >= 4 is 29.3 Å². The topological polar surface area (TPSA) is 95.6 Å². The van der Waals surface area contributed by atoms with Gasteiger partial charge in [0.2, 0.25) is 0 Å². The number of carbonyl (C=O) groups excluding carboxylic acids is 2. The van der Waals surface area contributed by atoms with Gasteiger partial charge in [-0.05, 0) is 61.9 Å². The Morgan fingerprint density at radius 3 is 2.65 bits per heavy atom. The Hall–Kier alpha value is -4.04. The number of anilines is 1. The second-order valence-corrected chi connectivity index (χ2v) is 7.70. The maximum Gasteiger partial charge on any atom is 0.343 e. The van der Waals surface area contributed by atoms with Gasteiger partial charge >= 0.3 is 5.97 Å². The molecule has 174 valence electrons. The van der Waals surface area contributed by atoms with Crippen LogP contribution in [0.25, 0.3) is 5.69 Å². The zero-order valence-corrected chi connectivity index (χ0v) is 19.3. The summed E-state index contributed by atoms with van der Waals surface area (Å²) in [6.07, 6.45) is 1.36. The van der Waals surface area contributed by atoms with E-state index in [-0.39, 0.29) is 30.4 Å². The summed E-state index contributed by atoms with van der Waals surface area (Å²) in [6.45, 7) is 3.91. The van der Waals surface area contributed by atoms with Crippen LogP contribution in [0.2, 0.25) is 5.02 Å². The van der Waals surface area contributed by atoms with Gasteiger partial charge in [0.1, 0.15) is 23.7 Å². The number of esters is 1. The molecule has 0 aliphatic heterocycles. The second-order valence-electron chi connectivity index (χ2n) is 7.29. The molecule has 4 aromatic rings. The molecule has 2 aromatic heterocycles. The monoisotopic (exact) mass is 479 g/mol. The molecule has 0 saturated heterocycles. The summed E-state index contributed by atoms with van der Waals surface area (Å²) < 4.78 is 17.9. The molecule has 0 atom stereocenters. The lowest BCUT2D eigenvalue weighted by atomic mass is 10.2. The average molecular weight is 480 g/mol. The van der Waals surface area contributed by atoms with E-state index in [1.54, 1.807) is 37.3 Å². The van der Waals surface area contributed by atoms with Gasteiger partial charge < -0.3 is 19.2 Å². The van der Waals surface area contributed by atoms with Gasteiger partial charge in [-0.3, -0.25) is 4.79 Å². The number of ether oxygens (including phenoxy) is 2. The number of aromatic nitrogens is 2. The molecule has 0 fully saturated rings. The first-order valence-corrected chi connectivity index (χ1v) is 10.9. The van der Waals surface area contributed by atoms with Crippen LogP contribution in [-0.4, -0.2) is 28.3 Å². The molecule has 9 heteroatoms. The number of benzene rings is 2. The number of amides is 1. The summed E-state index contributed by atoms with van der Waals surface area (Å²) >= 11 is 6.04. The molecule has 0 saturated carbocycles. The molecule has 2 heterocycles. The Morgan fingerprint density at radius 1 is 1.12 bits per heavy atom. The zero-order chi connectivity index (χ0) is 24.1. The van der Waals surface area contributed by atoms with Gasteiger partial charge in [0, 0.05) is 5.02 Å². The van der Waals surface area contributed by atoms with Crippen molar-refractivity contribution in [3.05, 3.63) is 94.5 Å². The number of halogens is 1. The Bertz CT molecular complexity index is 1310. The van der Waals surface area contributed by atoms with Crippen LogP contribution in [0.15, 0.2) is 71.3 Å². The van der Waals surface area contributed by atoms with Crippen LogP contribution in [0.1, 0.15) is 39.2 Å². The summed E-state index contributed by atoms with van der Waals surface area (Å²) in [5.74, 6) is 0.195. The minimum Gasteiger partial charge on any atom is -0.486 e. The Morgan fingerprint density at radius 2 is 1.91 bits per heavy atom. The number of nitrogens with zero attached hydrogens (tertiary/aromatic N) is 2. The maximum absolute atomic E-state index is 12.9. The number of nitrogens with one attached hydrogen (secondary N) is 1. The van der Waals surface area contributed by atoms with E-state index in [4.69, 9.17) is 25.5 Å². The van der Waals surface area contributed by atoms with E-state index in [9.17, 15) is 9.59 Å². The van der Waals surface area contributed by atoms with Crippen molar-refractivity contribution in [1.82, 2.24) is 9.78 Å². The van der Waals surface area contributed by atoms with E-state index >= 15 is 0 Å². The fourth-order valence-electron chi connectivity index (χ4n) is 3.20. The molecule has 1 amide bonds. The van der Waals surface area contributed by atoms with E-state index in [1.165, 1.54) is 16.9 Å². The lowest BCUT2D eigenvalue weighted by molar-refractivity contribution is 0.0527. The molecule has 1 N–H and O–H groups in total. The third-order valence-electron chi connectivity index (χ3n) is 4.89. The number of para-hydroxylation sites is 1. The molecule has 2 aromatic carbocycles. The molecular weight excluding hydrogens is 458 g/mol. The molecule has 34 heavy (non-hydrogen) atoms. The molecule has 0 unspecified atom stereocenters. The summed E-state index contributed by atoms with van der Waals surface area (Å²) in [4.78, 5) is 25.4.